The zero-order valence-corrected chi connectivity index (χ0v) is 16.8. The van der Waals surface area contributed by atoms with Crippen LogP contribution in [0.3, 0.4) is 0 Å². The molecule has 0 radical (unpaired) electrons. The van der Waals surface area contributed by atoms with E-state index in [0.717, 1.165) is 12.6 Å². The van der Waals surface area contributed by atoms with Crippen molar-refractivity contribution in [1.82, 2.24) is 10.2 Å². The maximum absolute atomic E-state index is 9.55. The number of carboxylic acids is 4. The van der Waals surface area contributed by atoms with Crippen LogP contribution in [0.2, 0.25) is 0 Å². The summed E-state index contributed by atoms with van der Waals surface area (Å²) in [7, 11) is 0. The fraction of sp³-hybridized carbons (Fsp3) is 0.333. The SMILES string of the molecule is O=C(O)/C=C\C(=O)O.O=C(O)/C=C\C(=O)O.c1ccc(C2NCCN3CCCC23)cc1. The first-order valence-corrected chi connectivity index (χ1v) is 9.51. The van der Waals surface area contributed by atoms with E-state index in [1.807, 2.05) is 0 Å². The van der Waals surface area contributed by atoms with E-state index in [-0.39, 0.29) is 0 Å². The molecule has 5 N–H and O–H groups in total. The van der Waals surface area contributed by atoms with Crippen molar-refractivity contribution in [2.24, 2.45) is 0 Å². The molecule has 2 fully saturated rings. The minimum atomic E-state index is -1.26. The van der Waals surface area contributed by atoms with Gasteiger partial charge in [-0.1, -0.05) is 30.3 Å². The first-order valence-electron chi connectivity index (χ1n) is 9.51. The Morgan fingerprint density at radius 3 is 1.74 bits per heavy atom. The Hall–Kier alpha value is -3.50. The van der Waals surface area contributed by atoms with Crippen LogP contribution in [-0.4, -0.2) is 74.9 Å². The second kappa shape index (κ2) is 13.7. The Morgan fingerprint density at radius 1 is 0.806 bits per heavy atom. The summed E-state index contributed by atoms with van der Waals surface area (Å²) in [5.41, 5.74) is 1.45. The fourth-order valence-electron chi connectivity index (χ4n) is 3.29. The number of benzene rings is 1. The summed E-state index contributed by atoms with van der Waals surface area (Å²) in [5.74, 6) is -5.03. The molecule has 2 aliphatic heterocycles. The molecule has 2 aliphatic rings. The van der Waals surface area contributed by atoms with E-state index in [0.29, 0.717) is 30.3 Å². The molecule has 10 nitrogen and oxygen atoms in total. The molecule has 0 aliphatic carbocycles. The van der Waals surface area contributed by atoms with Crippen molar-refractivity contribution in [2.45, 2.75) is 24.9 Å². The first kappa shape index (κ1) is 25.5. The van der Waals surface area contributed by atoms with Gasteiger partial charge in [0, 0.05) is 49.5 Å². The highest BCUT2D eigenvalue weighted by Gasteiger charge is 2.34. The van der Waals surface area contributed by atoms with Crippen molar-refractivity contribution in [2.75, 3.05) is 19.6 Å². The Kier molecular flexibility index (Phi) is 11.3. The maximum atomic E-state index is 9.55. The number of fused-ring (bicyclic) bond motifs is 1. The molecule has 0 saturated carbocycles. The monoisotopic (exact) mass is 434 g/mol. The molecular formula is C21H26N2O8. The summed E-state index contributed by atoms with van der Waals surface area (Å²) in [6.07, 6.45) is 4.96. The molecular weight excluding hydrogens is 408 g/mol. The Bertz CT molecular complexity index is 741. The van der Waals surface area contributed by atoms with Crippen LogP contribution in [0.25, 0.3) is 0 Å². The highest BCUT2D eigenvalue weighted by Crippen LogP contribution is 2.31. The highest BCUT2D eigenvalue weighted by atomic mass is 16.4. The van der Waals surface area contributed by atoms with Gasteiger partial charge in [-0.05, 0) is 24.9 Å². The Labute approximate surface area is 179 Å². The summed E-state index contributed by atoms with van der Waals surface area (Å²) in [6.45, 7) is 3.67. The summed E-state index contributed by atoms with van der Waals surface area (Å²) in [5, 5.41) is 34.9. The predicted molar refractivity (Wildman–Crippen MR) is 111 cm³/mol. The Morgan fingerprint density at radius 2 is 1.29 bits per heavy atom. The molecule has 2 unspecified atom stereocenters. The number of rotatable bonds is 5. The lowest BCUT2D eigenvalue weighted by Crippen LogP contribution is -2.49. The van der Waals surface area contributed by atoms with E-state index in [2.05, 4.69) is 40.5 Å². The Balaban J connectivity index is 0.000000259. The number of hydrogen-bond donors (Lipinski definition) is 5. The average molecular weight is 434 g/mol. The zero-order valence-electron chi connectivity index (χ0n) is 16.8. The van der Waals surface area contributed by atoms with Gasteiger partial charge in [0.05, 0.1) is 0 Å². The van der Waals surface area contributed by atoms with E-state index < -0.39 is 23.9 Å². The minimum absolute atomic E-state index is 0.558. The quantitative estimate of drug-likeness (QED) is 0.425. The van der Waals surface area contributed by atoms with E-state index in [1.54, 1.807) is 0 Å². The molecule has 0 spiro atoms. The molecule has 1 aromatic rings. The topological polar surface area (TPSA) is 164 Å². The van der Waals surface area contributed by atoms with Crippen molar-refractivity contribution < 1.29 is 39.6 Å². The zero-order chi connectivity index (χ0) is 23.2. The summed E-state index contributed by atoms with van der Waals surface area (Å²) < 4.78 is 0. The van der Waals surface area contributed by atoms with Crippen molar-refractivity contribution in [3.63, 3.8) is 0 Å². The molecule has 3 rings (SSSR count). The van der Waals surface area contributed by atoms with Gasteiger partial charge in [-0.25, -0.2) is 19.2 Å². The highest BCUT2D eigenvalue weighted by molar-refractivity contribution is 5.90. The minimum Gasteiger partial charge on any atom is -0.478 e. The predicted octanol–water partition coefficient (Wildman–Crippen LogP) is 1.22. The number of aliphatic carboxylic acids is 4. The molecule has 0 bridgehead atoms. The van der Waals surface area contributed by atoms with Crippen molar-refractivity contribution in [3.05, 3.63) is 60.2 Å². The summed E-state index contributed by atoms with van der Waals surface area (Å²) >= 11 is 0. The van der Waals surface area contributed by atoms with Crippen LogP contribution in [0, 0.1) is 0 Å². The maximum Gasteiger partial charge on any atom is 0.328 e. The normalized spacial score (nSPS) is 20.1. The molecule has 1 aromatic carbocycles. The molecule has 168 valence electrons. The number of carbonyl (C=O) groups is 4. The number of nitrogens with one attached hydrogen (secondary N) is 1. The molecule has 10 heteroatoms. The van der Waals surface area contributed by atoms with Crippen LogP contribution >= 0.6 is 0 Å². The molecule has 2 atom stereocenters. The molecule has 31 heavy (non-hydrogen) atoms. The largest absolute Gasteiger partial charge is 0.478 e. The van der Waals surface area contributed by atoms with Crippen LogP contribution in [0.1, 0.15) is 24.4 Å². The number of piperazine rings is 1. The lowest BCUT2D eigenvalue weighted by atomic mass is 9.96. The number of nitrogens with zero attached hydrogens (tertiary/aromatic N) is 1. The average Bonchev–Trinajstić information content (AvgIpc) is 3.21. The van der Waals surface area contributed by atoms with Gasteiger partial charge in [-0.3, -0.25) is 4.90 Å². The third-order valence-electron chi connectivity index (χ3n) is 4.46. The van der Waals surface area contributed by atoms with E-state index in [1.165, 1.54) is 31.5 Å². The van der Waals surface area contributed by atoms with Crippen LogP contribution < -0.4 is 5.32 Å². The van der Waals surface area contributed by atoms with E-state index in [9.17, 15) is 19.2 Å². The van der Waals surface area contributed by atoms with Crippen LogP contribution in [0.5, 0.6) is 0 Å². The van der Waals surface area contributed by atoms with Gasteiger partial charge in [0.25, 0.3) is 0 Å². The van der Waals surface area contributed by atoms with Crippen LogP contribution in [0.4, 0.5) is 0 Å². The lowest BCUT2D eigenvalue weighted by Gasteiger charge is -2.37. The van der Waals surface area contributed by atoms with Gasteiger partial charge in [-0.2, -0.15) is 0 Å². The van der Waals surface area contributed by atoms with Gasteiger partial charge >= 0.3 is 23.9 Å². The fourth-order valence-corrected chi connectivity index (χ4v) is 3.29. The van der Waals surface area contributed by atoms with E-state index >= 15 is 0 Å². The first-order chi connectivity index (χ1) is 14.7. The van der Waals surface area contributed by atoms with Gasteiger partial charge in [0.15, 0.2) is 0 Å². The third kappa shape index (κ3) is 10.7. The third-order valence-corrected chi connectivity index (χ3v) is 4.46. The van der Waals surface area contributed by atoms with E-state index in [4.69, 9.17) is 20.4 Å². The standard InChI is InChI=1S/C13H18N2.2C4H4O4/c1-2-5-11(6-3-1)13-12-7-4-9-15(12)10-8-14-13;2*5-3(6)1-2-4(7)8/h1-3,5-6,12-14H,4,7-10H2;2*1-2H,(H,5,6)(H,7,8)/b;2*2-1-. The molecule has 0 amide bonds. The lowest BCUT2D eigenvalue weighted by molar-refractivity contribution is -0.134. The summed E-state index contributed by atoms with van der Waals surface area (Å²) in [4.78, 5) is 40.9. The van der Waals surface area contributed by atoms with Crippen LogP contribution in [0.15, 0.2) is 54.6 Å². The second-order valence-electron chi connectivity index (χ2n) is 6.61. The molecule has 0 aromatic heterocycles. The van der Waals surface area contributed by atoms with Crippen molar-refractivity contribution >= 4 is 23.9 Å². The van der Waals surface area contributed by atoms with Gasteiger partial charge in [0.1, 0.15) is 0 Å². The molecule has 2 saturated heterocycles. The second-order valence-corrected chi connectivity index (χ2v) is 6.61. The van der Waals surface area contributed by atoms with Gasteiger partial charge in [0.2, 0.25) is 0 Å². The smallest absolute Gasteiger partial charge is 0.328 e. The number of carboxylic acid groups (broad SMARTS) is 4. The van der Waals surface area contributed by atoms with Crippen molar-refractivity contribution in [3.8, 4) is 0 Å². The van der Waals surface area contributed by atoms with Crippen molar-refractivity contribution in [1.29, 1.82) is 0 Å². The number of hydrogen-bond acceptors (Lipinski definition) is 6. The van der Waals surface area contributed by atoms with Crippen LogP contribution in [-0.2, 0) is 19.2 Å². The van der Waals surface area contributed by atoms with Gasteiger partial charge < -0.3 is 25.7 Å². The summed E-state index contributed by atoms with van der Waals surface area (Å²) in [6, 6.07) is 12.2. The van der Waals surface area contributed by atoms with Gasteiger partial charge in [-0.15, -0.1) is 0 Å². The molecule has 2 heterocycles.